The molecule has 3 rings (SSSR count). The van der Waals surface area contributed by atoms with E-state index in [0.29, 0.717) is 30.4 Å². The van der Waals surface area contributed by atoms with Gasteiger partial charge in [-0.1, -0.05) is 12.1 Å². The van der Waals surface area contributed by atoms with E-state index in [4.69, 9.17) is 14.2 Å². The van der Waals surface area contributed by atoms with Gasteiger partial charge < -0.3 is 19.5 Å². The number of benzene rings is 2. The average molecular weight is 449 g/mol. The summed E-state index contributed by atoms with van der Waals surface area (Å²) in [5.41, 5.74) is 1.24. The van der Waals surface area contributed by atoms with Crippen LogP contribution in [0.2, 0.25) is 0 Å². The Morgan fingerprint density at radius 3 is 2.42 bits per heavy atom. The number of amides is 1. The standard InChI is InChI=1S/C22H28N2O6S/c1-4-31(26,27)24(18-7-10-20-21(13-18)29-12-11-28-20)15-22(25)23-14-17-5-8-19(9-6-17)30-16(2)3/h5-10,13,16H,4,11-12,14-15H2,1-3H3,(H,23,25). The zero-order valence-electron chi connectivity index (χ0n) is 18.0. The molecule has 2 aromatic carbocycles. The number of ether oxygens (including phenoxy) is 3. The van der Waals surface area contributed by atoms with Gasteiger partial charge in [-0.05, 0) is 50.6 Å². The van der Waals surface area contributed by atoms with Crippen LogP contribution in [0.15, 0.2) is 42.5 Å². The molecule has 0 saturated heterocycles. The van der Waals surface area contributed by atoms with Gasteiger partial charge in [0.2, 0.25) is 15.9 Å². The lowest BCUT2D eigenvalue weighted by atomic mass is 10.2. The fourth-order valence-electron chi connectivity index (χ4n) is 3.04. The fourth-order valence-corrected chi connectivity index (χ4v) is 4.10. The van der Waals surface area contributed by atoms with Gasteiger partial charge in [0.25, 0.3) is 0 Å². The first kappa shape index (κ1) is 22.7. The number of rotatable bonds is 9. The third kappa shape index (κ3) is 6.04. The van der Waals surface area contributed by atoms with Crippen LogP contribution in [0.3, 0.4) is 0 Å². The second-order valence-electron chi connectivity index (χ2n) is 7.32. The number of nitrogens with one attached hydrogen (secondary N) is 1. The molecule has 31 heavy (non-hydrogen) atoms. The zero-order chi connectivity index (χ0) is 22.4. The molecule has 0 bridgehead atoms. The third-order valence-corrected chi connectivity index (χ3v) is 6.33. The van der Waals surface area contributed by atoms with Crippen LogP contribution in [0.25, 0.3) is 0 Å². The number of hydrogen-bond acceptors (Lipinski definition) is 6. The number of hydrogen-bond donors (Lipinski definition) is 1. The fraction of sp³-hybridized carbons (Fsp3) is 0.409. The average Bonchev–Trinajstić information content (AvgIpc) is 2.76. The van der Waals surface area contributed by atoms with Crippen LogP contribution in [0.5, 0.6) is 17.2 Å². The highest BCUT2D eigenvalue weighted by Crippen LogP contribution is 2.34. The summed E-state index contributed by atoms with van der Waals surface area (Å²) >= 11 is 0. The Morgan fingerprint density at radius 2 is 1.77 bits per heavy atom. The van der Waals surface area contributed by atoms with Crippen LogP contribution < -0.4 is 23.8 Å². The molecule has 1 amide bonds. The summed E-state index contributed by atoms with van der Waals surface area (Å²) in [6.45, 7) is 6.22. The van der Waals surface area contributed by atoms with Crippen molar-refractivity contribution in [3.8, 4) is 17.2 Å². The van der Waals surface area contributed by atoms with E-state index in [9.17, 15) is 13.2 Å². The SMILES string of the molecule is CCS(=O)(=O)N(CC(=O)NCc1ccc(OC(C)C)cc1)c1ccc2c(c1)OCCO2. The summed E-state index contributed by atoms with van der Waals surface area (Å²) in [4.78, 5) is 12.6. The zero-order valence-corrected chi connectivity index (χ0v) is 18.8. The first-order chi connectivity index (χ1) is 14.8. The molecule has 2 aromatic rings. The quantitative estimate of drug-likeness (QED) is 0.634. The first-order valence-corrected chi connectivity index (χ1v) is 11.8. The highest BCUT2D eigenvalue weighted by atomic mass is 32.2. The largest absolute Gasteiger partial charge is 0.491 e. The summed E-state index contributed by atoms with van der Waals surface area (Å²) in [7, 11) is -3.68. The number of nitrogens with zero attached hydrogens (tertiary/aromatic N) is 1. The molecule has 0 fully saturated rings. The second kappa shape index (κ2) is 9.91. The maximum absolute atomic E-state index is 12.7. The minimum Gasteiger partial charge on any atom is -0.491 e. The van der Waals surface area contributed by atoms with Crippen LogP contribution in [0.4, 0.5) is 5.69 Å². The van der Waals surface area contributed by atoms with Crippen molar-refractivity contribution in [2.24, 2.45) is 0 Å². The van der Waals surface area contributed by atoms with Gasteiger partial charge in [-0.15, -0.1) is 0 Å². The molecule has 1 N–H and O–H groups in total. The van der Waals surface area contributed by atoms with Gasteiger partial charge in [0.15, 0.2) is 11.5 Å². The van der Waals surface area contributed by atoms with Gasteiger partial charge in [-0.2, -0.15) is 0 Å². The molecule has 1 aliphatic rings. The Kier molecular flexibility index (Phi) is 7.27. The van der Waals surface area contributed by atoms with Crippen molar-refractivity contribution < 1.29 is 27.4 Å². The molecule has 0 spiro atoms. The molecular formula is C22H28N2O6S. The van der Waals surface area contributed by atoms with Crippen molar-refractivity contribution >= 4 is 21.6 Å². The van der Waals surface area contributed by atoms with E-state index in [1.165, 1.54) is 0 Å². The molecule has 0 radical (unpaired) electrons. The van der Waals surface area contributed by atoms with Crippen molar-refractivity contribution in [2.75, 3.05) is 29.8 Å². The Morgan fingerprint density at radius 1 is 1.10 bits per heavy atom. The van der Waals surface area contributed by atoms with Gasteiger partial charge in [-0.3, -0.25) is 9.10 Å². The Labute approximate surface area is 183 Å². The van der Waals surface area contributed by atoms with Crippen molar-refractivity contribution in [2.45, 2.75) is 33.4 Å². The van der Waals surface area contributed by atoms with Gasteiger partial charge >= 0.3 is 0 Å². The molecule has 0 saturated carbocycles. The van der Waals surface area contributed by atoms with Crippen LogP contribution in [0, 0.1) is 0 Å². The normalized spacial score (nSPS) is 13.0. The van der Waals surface area contributed by atoms with Gasteiger partial charge in [0, 0.05) is 12.6 Å². The van der Waals surface area contributed by atoms with Crippen LogP contribution in [-0.4, -0.2) is 45.9 Å². The van der Waals surface area contributed by atoms with E-state index in [0.717, 1.165) is 15.6 Å². The molecule has 9 heteroatoms. The van der Waals surface area contributed by atoms with Gasteiger partial charge in [0.1, 0.15) is 25.5 Å². The lowest BCUT2D eigenvalue weighted by Crippen LogP contribution is -2.41. The lowest BCUT2D eigenvalue weighted by Gasteiger charge is -2.25. The maximum Gasteiger partial charge on any atom is 0.241 e. The third-order valence-electron chi connectivity index (χ3n) is 4.59. The molecule has 1 heterocycles. The monoisotopic (exact) mass is 448 g/mol. The molecule has 0 unspecified atom stereocenters. The highest BCUT2D eigenvalue weighted by molar-refractivity contribution is 7.92. The maximum atomic E-state index is 12.7. The van der Waals surface area contributed by atoms with E-state index in [1.807, 2.05) is 38.1 Å². The minimum absolute atomic E-state index is 0.0811. The number of fused-ring (bicyclic) bond motifs is 1. The van der Waals surface area contributed by atoms with Crippen LogP contribution in [0.1, 0.15) is 26.3 Å². The predicted molar refractivity (Wildman–Crippen MR) is 118 cm³/mol. The second-order valence-corrected chi connectivity index (χ2v) is 9.50. The van der Waals surface area contributed by atoms with E-state index >= 15 is 0 Å². The summed E-state index contributed by atoms with van der Waals surface area (Å²) in [6, 6.07) is 12.2. The lowest BCUT2D eigenvalue weighted by molar-refractivity contribution is -0.119. The topological polar surface area (TPSA) is 94.2 Å². The molecule has 168 valence electrons. The van der Waals surface area contributed by atoms with Gasteiger partial charge in [-0.25, -0.2) is 8.42 Å². The Bertz CT molecular complexity index is 1010. The minimum atomic E-state index is -3.68. The predicted octanol–water partition coefficient (Wildman–Crippen LogP) is 2.72. The van der Waals surface area contributed by atoms with Crippen molar-refractivity contribution in [3.63, 3.8) is 0 Å². The van der Waals surface area contributed by atoms with Crippen molar-refractivity contribution in [1.29, 1.82) is 0 Å². The molecule has 1 aliphatic heterocycles. The summed E-state index contributed by atoms with van der Waals surface area (Å²) in [5.74, 6) is 1.23. The molecule has 0 atom stereocenters. The van der Waals surface area contributed by atoms with E-state index in [1.54, 1.807) is 25.1 Å². The summed E-state index contributed by atoms with van der Waals surface area (Å²) < 4.78 is 43.1. The van der Waals surface area contributed by atoms with E-state index in [2.05, 4.69) is 5.32 Å². The van der Waals surface area contributed by atoms with Crippen LogP contribution in [-0.2, 0) is 21.4 Å². The van der Waals surface area contributed by atoms with Crippen molar-refractivity contribution in [3.05, 3.63) is 48.0 Å². The Balaban J connectivity index is 1.68. The molecule has 0 aromatic heterocycles. The Hall–Kier alpha value is -2.94. The van der Waals surface area contributed by atoms with Crippen LogP contribution >= 0.6 is 0 Å². The molecule has 8 nitrogen and oxygen atoms in total. The summed E-state index contributed by atoms with van der Waals surface area (Å²) in [5, 5.41) is 2.78. The number of carbonyl (C=O) groups excluding carboxylic acids is 1. The first-order valence-electron chi connectivity index (χ1n) is 10.2. The molecule has 0 aliphatic carbocycles. The smallest absolute Gasteiger partial charge is 0.241 e. The number of carbonyl (C=O) groups is 1. The van der Waals surface area contributed by atoms with E-state index < -0.39 is 15.9 Å². The highest BCUT2D eigenvalue weighted by Gasteiger charge is 2.25. The van der Waals surface area contributed by atoms with Crippen molar-refractivity contribution in [1.82, 2.24) is 5.32 Å². The van der Waals surface area contributed by atoms with Gasteiger partial charge in [0.05, 0.1) is 17.5 Å². The molecular weight excluding hydrogens is 420 g/mol. The number of anilines is 1. The van der Waals surface area contributed by atoms with E-state index in [-0.39, 0.29) is 24.9 Å². The number of sulfonamides is 1. The summed E-state index contributed by atoms with van der Waals surface area (Å²) in [6.07, 6.45) is 0.0811.